The van der Waals surface area contributed by atoms with Gasteiger partial charge in [0, 0.05) is 5.39 Å². The van der Waals surface area contributed by atoms with Crippen LogP contribution >= 0.6 is 0 Å². The van der Waals surface area contributed by atoms with E-state index < -0.39 is 5.97 Å². The van der Waals surface area contributed by atoms with Crippen molar-refractivity contribution in [2.45, 2.75) is 27.4 Å². The summed E-state index contributed by atoms with van der Waals surface area (Å²) in [5.41, 5.74) is 2.36. The molecule has 0 unspecified atom stereocenters. The van der Waals surface area contributed by atoms with E-state index in [-0.39, 0.29) is 5.56 Å². The Labute approximate surface area is 126 Å². The minimum Gasteiger partial charge on any atom is -0.489 e. The van der Waals surface area contributed by atoms with Crippen molar-refractivity contribution >= 4 is 16.9 Å². The van der Waals surface area contributed by atoms with Gasteiger partial charge in [0.05, 0.1) is 11.3 Å². The quantitative estimate of drug-likeness (QED) is 0.792. The number of hydrogen-bond donors (Lipinski definition) is 1. The molecule has 6 heteroatoms. The lowest BCUT2D eigenvalue weighted by atomic mass is 10.1. The van der Waals surface area contributed by atoms with Crippen LogP contribution in [0, 0.1) is 20.8 Å². The first kappa shape index (κ1) is 14.2. The number of nitrogens with zero attached hydrogens (tertiary/aromatic N) is 1. The van der Waals surface area contributed by atoms with Crippen LogP contribution in [0.1, 0.15) is 33.1 Å². The molecule has 1 N–H and O–H groups in total. The van der Waals surface area contributed by atoms with Crippen molar-refractivity contribution in [2.24, 2.45) is 0 Å². The molecule has 1 aromatic carbocycles. The fourth-order valence-electron chi connectivity index (χ4n) is 2.42. The molecule has 0 aliphatic carbocycles. The van der Waals surface area contributed by atoms with Crippen molar-refractivity contribution in [2.75, 3.05) is 0 Å². The molecule has 6 nitrogen and oxygen atoms in total. The Morgan fingerprint density at radius 1 is 1.27 bits per heavy atom. The van der Waals surface area contributed by atoms with Crippen LogP contribution in [-0.4, -0.2) is 16.2 Å². The molecule has 22 heavy (non-hydrogen) atoms. The average Bonchev–Trinajstić information content (AvgIpc) is 2.95. The second-order valence-electron chi connectivity index (χ2n) is 5.09. The molecule has 0 saturated carbocycles. The molecule has 3 rings (SSSR count). The highest BCUT2D eigenvalue weighted by molar-refractivity contribution is 6.03. The van der Waals surface area contributed by atoms with Crippen LogP contribution in [0.15, 0.2) is 27.1 Å². The van der Waals surface area contributed by atoms with Gasteiger partial charge in [-0.05, 0) is 39.0 Å². The van der Waals surface area contributed by atoms with Crippen LogP contribution in [0.3, 0.4) is 0 Å². The fraction of sp³-hybridized carbons (Fsp3) is 0.250. The maximum absolute atomic E-state index is 11.3. The van der Waals surface area contributed by atoms with Crippen molar-refractivity contribution in [3.63, 3.8) is 0 Å². The van der Waals surface area contributed by atoms with Gasteiger partial charge in [0.15, 0.2) is 0 Å². The minimum absolute atomic E-state index is 0.165. The van der Waals surface area contributed by atoms with Crippen LogP contribution in [0.25, 0.3) is 11.0 Å². The fourth-order valence-corrected chi connectivity index (χ4v) is 2.42. The smallest absolute Gasteiger partial charge is 0.339 e. The molecule has 0 spiro atoms. The van der Waals surface area contributed by atoms with Gasteiger partial charge in [0.25, 0.3) is 0 Å². The molecule has 3 aromatic rings. The van der Waals surface area contributed by atoms with Crippen molar-refractivity contribution < 1.29 is 23.6 Å². The van der Waals surface area contributed by atoms with Gasteiger partial charge < -0.3 is 18.8 Å². The van der Waals surface area contributed by atoms with Crippen LogP contribution in [0.4, 0.5) is 0 Å². The first-order valence-electron chi connectivity index (χ1n) is 6.78. The number of aromatic nitrogens is 1. The Balaban J connectivity index is 1.92. The highest BCUT2D eigenvalue weighted by Gasteiger charge is 2.18. The molecular formula is C16H15NO5. The number of carboxylic acids is 1. The highest BCUT2D eigenvalue weighted by atomic mass is 16.5. The van der Waals surface area contributed by atoms with E-state index in [1.165, 1.54) is 0 Å². The van der Waals surface area contributed by atoms with Crippen molar-refractivity contribution in [1.29, 1.82) is 0 Å². The summed E-state index contributed by atoms with van der Waals surface area (Å²) >= 11 is 0. The zero-order valence-electron chi connectivity index (χ0n) is 12.5. The van der Waals surface area contributed by atoms with Gasteiger partial charge in [-0.2, -0.15) is 0 Å². The van der Waals surface area contributed by atoms with Crippen LogP contribution in [0.2, 0.25) is 0 Å². The van der Waals surface area contributed by atoms with E-state index in [0.29, 0.717) is 34.8 Å². The zero-order chi connectivity index (χ0) is 15.9. The average molecular weight is 301 g/mol. The van der Waals surface area contributed by atoms with E-state index in [1.807, 2.05) is 13.8 Å². The maximum Gasteiger partial charge on any atom is 0.339 e. The van der Waals surface area contributed by atoms with E-state index >= 15 is 0 Å². The summed E-state index contributed by atoms with van der Waals surface area (Å²) in [6, 6.07) is 5.12. The predicted octanol–water partition coefficient (Wildman–Crippen LogP) is 3.62. The SMILES string of the molecule is Cc1noc(C)c1COc1ccc2oc(C)c(C(=O)O)c2c1. The number of carboxylic acid groups (broad SMARTS) is 1. The maximum atomic E-state index is 11.3. The summed E-state index contributed by atoms with van der Waals surface area (Å²) in [6.07, 6.45) is 0. The van der Waals surface area contributed by atoms with Crippen LogP contribution in [-0.2, 0) is 6.61 Å². The topological polar surface area (TPSA) is 85.7 Å². The Morgan fingerprint density at radius 3 is 2.68 bits per heavy atom. The lowest BCUT2D eigenvalue weighted by Crippen LogP contribution is -1.99. The molecule has 0 aliphatic heterocycles. The van der Waals surface area contributed by atoms with Crippen LogP contribution < -0.4 is 4.74 Å². The van der Waals surface area contributed by atoms with Gasteiger partial charge in [-0.1, -0.05) is 5.16 Å². The molecule has 0 atom stereocenters. The molecular weight excluding hydrogens is 286 g/mol. The van der Waals surface area contributed by atoms with Crippen molar-refractivity contribution in [3.8, 4) is 5.75 Å². The van der Waals surface area contributed by atoms with Crippen molar-refractivity contribution in [1.82, 2.24) is 5.16 Å². The molecule has 0 bridgehead atoms. The predicted molar refractivity (Wildman–Crippen MR) is 78.2 cm³/mol. The number of hydrogen-bond acceptors (Lipinski definition) is 5. The summed E-state index contributed by atoms with van der Waals surface area (Å²) in [7, 11) is 0. The number of carbonyl (C=O) groups is 1. The summed E-state index contributed by atoms with van der Waals surface area (Å²) < 4.78 is 16.3. The van der Waals surface area contributed by atoms with Crippen molar-refractivity contribution in [3.05, 3.63) is 46.5 Å². The van der Waals surface area contributed by atoms with Gasteiger partial charge >= 0.3 is 5.97 Å². The Kier molecular flexibility index (Phi) is 3.36. The largest absolute Gasteiger partial charge is 0.489 e. The normalized spacial score (nSPS) is 11.0. The molecule has 2 aromatic heterocycles. The Morgan fingerprint density at radius 2 is 2.05 bits per heavy atom. The van der Waals surface area contributed by atoms with Gasteiger partial charge in [-0.15, -0.1) is 0 Å². The third-order valence-electron chi connectivity index (χ3n) is 3.61. The zero-order valence-corrected chi connectivity index (χ0v) is 12.5. The highest BCUT2D eigenvalue weighted by Crippen LogP contribution is 2.29. The number of ether oxygens (including phenoxy) is 1. The monoisotopic (exact) mass is 301 g/mol. The van der Waals surface area contributed by atoms with E-state index in [2.05, 4.69) is 5.16 Å². The first-order valence-corrected chi connectivity index (χ1v) is 6.78. The summed E-state index contributed by atoms with van der Waals surface area (Å²) in [6.45, 7) is 5.62. The molecule has 2 heterocycles. The Hall–Kier alpha value is -2.76. The van der Waals surface area contributed by atoms with E-state index in [1.54, 1.807) is 25.1 Å². The standard InChI is InChI=1S/C16H15NO5/c1-8-13(9(2)22-17-8)7-20-11-4-5-14-12(6-11)15(16(18)19)10(3)21-14/h4-6H,7H2,1-3H3,(H,18,19). The molecule has 0 radical (unpaired) electrons. The molecule has 0 saturated heterocycles. The Bertz CT molecular complexity index is 839. The minimum atomic E-state index is -1.01. The van der Waals surface area contributed by atoms with E-state index in [0.717, 1.165) is 11.3 Å². The summed E-state index contributed by atoms with van der Waals surface area (Å²) in [5, 5.41) is 13.7. The number of aromatic carboxylic acids is 1. The van der Waals surface area contributed by atoms with E-state index in [4.69, 9.17) is 13.7 Å². The third kappa shape index (κ3) is 2.32. The summed E-state index contributed by atoms with van der Waals surface area (Å²) in [4.78, 5) is 11.3. The number of rotatable bonds is 4. The third-order valence-corrected chi connectivity index (χ3v) is 3.61. The second-order valence-corrected chi connectivity index (χ2v) is 5.09. The second kappa shape index (κ2) is 5.22. The van der Waals surface area contributed by atoms with Gasteiger partial charge in [-0.3, -0.25) is 0 Å². The molecule has 114 valence electrons. The number of aryl methyl sites for hydroxylation is 3. The lowest BCUT2D eigenvalue weighted by molar-refractivity contribution is 0.0697. The van der Waals surface area contributed by atoms with Gasteiger partial charge in [0.2, 0.25) is 0 Å². The number of benzene rings is 1. The van der Waals surface area contributed by atoms with Gasteiger partial charge in [-0.25, -0.2) is 4.79 Å². The van der Waals surface area contributed by atoms with Crippen LogP contribution in [0.5, 0.6) is 5.75 Å². The molecule has 0 fully saturated rings. The molecule has 0 amide bonds. The lowest BCUT2D eigenvalue weighted by Gasteiger charge is -2.05. The molecule has 0 aliphatic rings. The number of fused-ring (bicyclic) bond motifs is 1. The van der Waals surface area contributed by atoms with E-state index in [9.17, 15) is 9.90 Å². The first-order chi connectivity index (χ1) is 10.5. The number of furan rings is 1. The summed E-state index contributed by atoms with van der Waals surface area (Å²) in [5.74, 6) is 0.643. The van der Waals surface area contributed by atoms with Gasteiger partial charge in [0.1, 0.15) is 35.0 Å².